The molecule has 2 aliphatic rings. The van der Waals surface area contributed by atoms with Gasteiger partial charge in [-0.2, -0.15) is 0 Å². The standard InChI is InChI=1S/C18H27N3O4/c1-23-17-5-3-2-4-15(17)16(20-6-10-24-11-7-20)14-19-18(22)21-8-12-25-13-9-21/h2-5,16H,6-14H2,1H3,(H,19,22). The molecule has 1 unspecified atom stereocenters. The SMILES string of the molecule is COc1ccccc1C(CNC(=O)N1CCOCC1)N1CCOCC1. The van der Waals surface area contributed by atoms with E-state index in [2.05, 4.69) is 16.3 Å². The Morgan fingerprint density at radius 2 is 1.76 bits per heavy atom. The van der Waals surface area contributed by atoms with E-state index in [4.69, 9.17) is 14.2 Å². The van der Waals surface area contributed by atoms with Crippen molar-refractivity contribution in [2.24, 2.45) is 0 Å². The summed E-state index contributed by atoms with van der Waals surface area (Å²) in [5.74, 6) is 0.847. The number of carbonyl (C=O) groups is 1. The van der Waals surface area contributed by atoms with Gasteiger partial charge in [-0.15, -0.1) is 0 Å². The lowest BCUT2D eigenvalue weighted by molar-refractivity contribution is 0.0153. The Labute approximate surface area is 148 Å². The van der Waals surface area contributed by atoms with Crippen LogP contribution in [0, 0.1) is 0 Å². The number of methoxy groups -OCH3 is 1. The fourth-order valence-electron chi connectivity index (χ4n) is 3.33. The number of ether oxygens (including phenoxy) is 3. The third-order valence-electron chi connectivity index (χ3n) is 4.73. The van der Waals surface area contributed by atoms with Crippen molar-refractivity contribution in [3.63, 3.8) is 0 Å². The lowest BCUT2D eigenvalue weighted by Gasteiger charge is -2.36. The summed E-state index contributed by atoms with van der Waals surface area (Å²) in [5.41, 5.74) is 1.09. The third kappa shape index (κ3) is 4.62. The Morgan fingerprint density at radius 3 is 2.44 bits per heavy atom. The molecule has 1 aromatic carbocycles. The van der Waals surface area contributed by atoms with Crippen molar-refractivity contribution in [3.8, 4) is 5.75 Å². The lowest BCUT2D eigenvalue weighted by atomic mass is 10.0. The maximum Gasteiger partial charge on any atom is 0.317 e. The molecule has 3 rings (SSSR count). The second-order valence-electron chi connectivity index (χ2n) is 6.19. The van der Waals surface area contributed by atoms with Gasteiger partial charge < -0.3 is 24.4 Å². The van der Waals surface area contributed by atoms with Crippen LogP contribution in [0.1, 0.15) is 11.6 Å². The summed E-state index contributed by atoms with van der Waals surface area (Å²) in [6.45, 7) is 6.14. The highest BCUT2D eigenvalue weighted by Crippen LogP contribution is 2.29. The molecule has 7 heteroatoms. The van der Waals surface area contributed by atoms with Crippen LogP contribution in [-0.2, 0) is 9.47 Å². The molecule has 0 radical (unpaired) electrons. The van der Waals surface area contributed by atoms with Crippen molar-refractivity contribution in [2.75, 3.05) is 66.3 Å². The van der Waals surface area contributed by atoms with Gasteiger partial charge in [0.1, 0.15) is 5.75 Å². The van der Waals surface area contributed by atoms with Crippen LogP contribution in [0.3, 0.4) is 0 Å². The summed E-state index contributed by atoms with van der Waals surface area (Å²) in [6, 6.07) is 8.04. The Balaban J connectivity index is 1.70. The van der Waals surface area contributed by atoms with Crippen molar-refractivity contribution < 1.29 is 19.0 Å². The van der Waals surface area contributed by atoms with Gasteiger partial charge in [-0.1, -0.05) is 18.2 Å². The summed E-state index contributed by atoms with van der Waals surface area (Å²) in [5, 5.41) is 3.09. The van der Waals surface area contributed by atoms with E-state index in [1.165, 1.54) is 0 Å². The average molecular weight is 349 g/mol. The van der Waals surface area contributed by atoms with E-state index >= 15 is 0 Å². The molecule has 1 N–H and O–H groups in total. The van der Waals surface area contributed by atoms with Gasteiger partial charge in [-0.25, -0.2) is 4.79 Å². The minimum Gasteiger partial charge on any atom is -0.496 e. The zero-order valence-electron chi connectivity index (χ0n) is 14.8. The molecule has 1 aromatic rings. The molecule has 0 saturated carbocycles. The Bertz CT molecular complexity index is 557. The van der Waals surface area contributed by atoms with Crippen molar-refractivity contribution in [3.05, 3.63) is 29.8 Å². The van der Waals surface area contributed by atoms with Gasteiger partial charge in [0.2, 0.25) is 0 Å². The number of para-hydroxylation sites is 1. The normalized spacial score (nSPS) is 20.1. The van der Waals surface area contributed by atoms with Crippen LogP contribution in [0.5, 0.6) is 5.75 Å². The van der Waals surface area contributed by atoms with Crippen LogP contribution in [0.25, 0.3) is 0 Å². The molecule has 0 spiro atoms. The van der Waals surface area contributed by atoms with Crippen molar-refractivity contribution >= 4 is 6.03 Å². The first-order valence-electron chi connectivity index (χ1n) is 8.85. The number of nitrogens with one attached hydrogen (secondary N) is 1. The Hall–Kier alpha value is -1.83. The molecule has 2 aliphatic heterocycles. The third-order valence-corrected chi connectivity index (χ3v) is 4.73. The van der Waals surface area contributed by atoms with Crippen LogP contribution in [-0.4, -0.2) is 82.1 Å². The van der Waals surface area contributed by atoms with E-state index in [-0.39, 0.29) is 12.1 Å². The molecule has 0 aromatic heterocycles. The number of urea groups is 1. The van der Waals surface area contributed by atoms with Crippen molar-refractivity contribution in [2.45, 2.75) is 6.04 Å². The molecule has 1 atom stereocenters. The van der Waals surface area contributed by atoms with Gasteiger partial charge in [0.25, 0.3) is 0 Å². The second kappa shape index (κ2) is 9.03. The average Bonchev–Trinajstić information content (AvgIpc) is 2.70. The fourth-order valence-corrected chi connectivity index (χ4v) is 3.33. The summed E-state index contributed by atoms with van der Waals surface area (Å²) < 4.78 is 16.3. The van der Waals surface area contributed by atoms with Crippen LogP contribution in [0.15, 0.2) is 24.3 Å². The molecule has 2 fully saturated rings. The van der Waals surface area contributed by atoms with Crippen molar-refractivity contribution in [1.29, 1.82) is 0 Å². The summed E-state index contributed by atoms with van der Waals surface area (Å²) in [6.07, 6.45) is 0. The van der Waals surface area contributed by atoms with Crippen LogP contribution in [0.4, 0.5) is 4.79 Å². The number of nitrogens with zero attached hydrogens (tertiary/aromatic N) is 2. The van der Waals surface area contributed by atoms with E-state index in [0.29, 0.717) is 46.1 Å². The van der Waals surface area contributed by atoms with E-state index in [1.54, 1.807) is 7.11 Å². The van der Waals surface area contributed by atoms with Gasteiger partial charge in [0.05, 0.1) is 39.6 Å². The molecule has 7 nitrogen and oxygen atoms in total. The van der Waals surface area contributed by atoms with Gasteiger partial charge in [-0.3, -0.25) is 4.90 Å². The highest BCUT2D eigenvalue weighted by Gasteiger charge is 2.26. The van der Waals surface area contributed by atoms with E-state index in [0.717, 1.165) is 24.4 Å². The Morgan fingerprint density at radius 1 is 1.12 bits per heavy atom. The predicted molar refractivity (Wildman–Crippen MR) is 93.9 cm³/mol. The van der Waals surface area contributed by atoms with E-state index < -0.39 is 0 Å². The molecule has 138 valence electrons. The topological polar surface area (TPSA) is 63.3 Å². The monoisotopic (exact) mass is 349 g/mol. The molecule has 0 aliphatic carbocycles. The number of morpholine rings is 2. The zero-order chi connectivity index (χ0) is 17.5. The quantitative estimate of drug-likeness (QED) is 0.863. The first-order valence-corrected chi connectivity index (χ1v) is 8.85. The van der Waals surface area contributed by atoms with Gasteiger partial charge in [0.15, 0.2) is 0 Å². The highest BCUT2D eigenvalue weighted by molar-refractivity contribution is 5.74. The minimum absolute atomic E-state index is 0.0311. The number of carbonyl (C=O) groups excluding carboxylic acids is 1. The van der Waals surface area contributed by atoms with Gasteiger partial charge in [-0.05, 0) is 6.07 Å². The number of hydrogen-bond acceptors (Lipinski definition) is 5. The van der Waals surface area contributed by atoms with Gasteiger partial charge >= 0.3 is 6.03 Å². The molecule has 0 bridgehead atoms. The van der Waals surface area contributed by atoms with Crippen molar-refractivity contribution in [1.82, 2.24) is 15.1 Å². The maximum absolute atomic E-state index is 12.5. The summed E-state index contributed by atoms with van der Waals surface area (Å²) >= 11 is 0. The molecule has 25 heavy (non-hydrogen) atoms. The van der Waals surface area contributed by atoms with Crippen LogP contribution >= 0.6 is 0 Å². The first-order chi connectivity index (χ1) is 12.3. The lowest BCUT2D eigenvalue weighted by Crippen LogP contribution is -2.49. The molecule has 2 heterocycles. The van der Waals surface area contributed by atoms with Gasteiger partial charge in [0, 0.05) is 38.3 Å². The Kier molecular flexibility index (Phi) is 6.49. The number of benzene rings is 1. The molecular formula is C18H27N3O4. The van der Waals surface area contributed by atoms with Crippen LogP contribution in [0.2, 0.25) is 0 Å². The number of amides is 2. The van der Waals surface area contributed by atoms with E-state index in [1.807, 2.05) is 23.1 Å². The maximum atomic E-state index is 12.5. The second-order valence-corrected chi connectivity index (χ2v) is 6.19. The first kappa shape index (κ1) is 18.0. The smallest absolute Gasteiger partial charge is 0.317 e. The summed E-state index contributed by atoms with van der Waals surface area (Å²) in [7, 11) is 1.68. The summed E-state index contributed by atoms with van der Waals surface area (Å²) in [4.78, 5) is 16.6. The highest BCUT2D eigenvalue weighted by atomic mass is 16.5. The minimum atomic E-state index is -0.0311. The molecular weight excluding hydrogens is 322 g/mol. The number of hydrogen-bond donors (Lipinski definition) is 1. The fraction of sp³-hybridized carbons (Fsp3) is 0.611. The molecule has 2 saturated heterocycles. The number of rotatable bonds is 5. The largest absolute Gasteiger partial charge is 0.496 e. The van der Waals surface area contributed by atoms with Crippen LogP contribution < -0.4 is 10.1 Å². The van der Waals surface area contributed by atoms with E-state index in [9.17, 15) is 4.79 Å². The molecule has 2 amide bonds. The predicted octanol–water partition coefficient (Wildman–Crippen LogP) is 1.11. The zero-order valence-corrected chi connectivity index (χ0v) is 14.8.